The number of rotatable bonds is 1. The van der Waals surface area contributed by atoms with Gasteiger partial charge in [-0.1, -0.05) is 0 Å². The Hall–Kier alpha value is -0.0400. The molecule has 0 radical (unpaired) electrons. The third-order valence-electron chi connectivity index (χ3n) is 2.18. The summed E-state index contributed by atoms with van der Waals surface area (Å²) in [4.78, 5) is 0. The highest BCUT2D eigenvalue weighted by Crippen LogP contribution is 2.66. The van der Waals surface area contributed by atoms with E-state index in [2.05, 4.69) is 12.4 Å². The number of fused-ring (bicyclic) bond motifs is 1. The van der Waals surface area contributed by atoms with E-state index in [9.17, 15) is 0 Å². The fourth-order valence-corrected chi connectivity index (χ4v) is 1.11. The molecule has 1 heteroatoms. The lowest BCUT2D eigenvalue weighted by Gasteiger charge is -1.94. The fraction of sp³-hybridized carbons (Fsp3) is 1.00. The van der Waals surface area contributed by atoms with Gasteiger partial charge in [0.15, 0.2) is 0 Å². The maximum absolute atomic E-state index is 3.29. The molecule has 0 saturated heterocycles. The van der Waals surface area contributed by atoms with Crippen molar-refractivity contribution < 1.29 is 0 Å². The topological polar surface area (TPSA) is 12.0 Å². The molecular weight excluding hydrogens is 74.1 g/mol. The van der Waals surface area contributed by atoms with Gasteiger partial charge in [-0.05, 0) is 25.8 Å². The van der Waals surface area contributed by atoms with E-state index in [1.54, 1.807) is 0 Å². The molecular formula is C5H9N. The molecule has 0 aromatic rings. The summed E-state index contributed by atoms with van der Waals surface area (Å²) >= 11 is 0. The lowest BCUT2D eigenvalue weighted by molar-refractivity contribution is 0.664. The quantitative estimate of drug-likeness (QED) is 0.483. The Balaban J connectivity index is 2.10. The number of hydrogen-bond donors (Lipinski definition) is 1. The van der Waals surface area contributed by atoms with E-state index in [4.69, 9.17) is 0 Å². The van der Waals surface area contributed by atoms with E-state index in [1.807, 2.05) is 0 Å². The van der Waals surface area contributed by atoms with E-state index >= 15 is 0 Å². The first-order chi connectivity index (χ1) is 2.87. The van der Waals surface area contributed by atoms with Crippen LogP contribution in [0.5, 0.6) is 0 Å². The monoisotopic (exact) mass is 83.1 g/mol. The Kier molecular flexibility index (Phi) is 0.274. The molecule has 1 nitrogen and oxygen atoms in total. The summed E-state index contributed by atoms with van der Waals surface area (Å²) in [7, 11) is 2.06. The van der Waals surface area contributed by atoms with Crippen molar-refractivity contribution in [1.29, 1.82) is 0 Å². The third-order valence-corrected chi connectivity index (χ3v) is 2.18. The molecule has 1 N–H and O–H groups in total. The van der Waals surface area contributed by atoms with Crippen LogP contribution in [0.4, 0.5) is 0 Å². The van der Waals surface area contributed by atoms with Crippen LogP contribution in [0, 0.1) is 5.92 Å². The first kappa shape index (κ1) is 3.03. The molecule has 2 aliphatic carbocycles. The summed E-state index contributed by atoms with van der Waals surface area (Å²) in [6.07, 6.45) is 2.92. The molecule has 2 fully saturated rings. The molecule has 2 saturated carbocycles. The van der Waals surface area contributed by atoms with E-state index < -0.39 is 0 Å². The second-order valence-electron chi connectivity index (χ2n) is 2.51. The predicted octanol–water partition coefficient (Wildman–Crippen LogP) is 0.368. The van der Waals surface area contributed by atoms with Crippen molar-refractivity contribution >= 4 is 0 Å². The van der Waals surface area contributed by atoms with Crippen LogP contribution in [0.15, 0.2) is 0 Å². The Labute approximate surface area is 37.7 Å². The number of hydrogen-bond acceptors (Lipinski definition) is 1. The summed E-state index contributed by atoms with van der Waals surface area (Å²) in [6, 6.07) is 0. The summed E-state index contributed by atoms with van der Waals surface area (Å²) < 4.78 is 0. The molecule has 6 heavy (non-hydrogen) atoms. The minimum absolute atomic E-state index is 0.708. The molecule has 0 aromatic heterocycles. The maximum Gasteiger partial charge on any atom is 0.0214 e. The normalized spacial score (nSPS) is 60.5. The van der Waals surface area contributed by atoms with Gasteiger partial charge in [-0.3, -0.25) is 0 Å². The average molecular weight is 83.1 g/mol. The minimum Gasteiger partial charge on any atom is -0.314 e. The van der Waals surface area contributed by atoms with Crippen molar-refractivity contribution in [1.82, 2.24) is 5.32 Å². The van der Waals surface area contributed by atoms with E-state index in [-0.39, 0.29) is 0 Å². The third kappa shape index (κ3) is 0.155. The van der Waals surface area contributed by atoms with Gasteiger partial charge in [-0.25, -0.2) is 0 Å². The zero-order valence-electron chi connectivity index (χ0n) is 3.99. The molecule has 0 bridgehead atoms. The van der Waals surface area contributed by atoms with Crippen molar-refractivity contribution in [3.05, 3.63) is 0 Å². The lowest BCUT2D eigenvalue weighted by atomic mass is 10.4. The van der Waals surface area contributed by atoms with Crippen LogP contribution in [0.2, 0.25) is 0 Å². The van der Waals surface area contributed by atoms with Crippen LogP contribution >= 0.6 is 0 Å². The van der Waals surface area contributed by atoms with Crippen molar-refractivity contribution in [2.45, 2.75) is 18.4 Å². The second kappa shape index (κ2) is 0.544. The van der Waals surface area contributed by atoms with Gasteiger partial charge in [0.25, 0.3) is 0 Å². The van der Waals surface area contributed by atoms with Gasteiger partial charge in [0.05, 0.1) is 0 Å². The largest absolute Gasteiger partial charge is 0.314 e. The Bertz CT molecular complexity index is 81.9. The Morgan fingerprint density at radius 2 is 2.17 bits per heavy atom. The van der Waals surface area contributed by atoms with Crippen molar-refractivity contribution in [3.8, 4) is 0 Å². The van der Waals surface area contributed by atoms with Gasteiger partial charge in [-0.15, -0.1) is 0 Å². The highest BCUT2D eigenvalue weighted by Gasteiger charge is 2.68. The average Bonchev–Trinajstić information content (AvgIpc) is 2.12. The van der Waals surface area contributed by atoms with Crippen LogP contribution in [-0.2, 0) is 0 Å². The first-order valence-electron chi connectivity index (χ1n) is 2.56. The molecule has 0 unspecified atom stereocenters. The standard InChI is InChI=1S/C5H9N/c1-6-5-2-4(5)3-5/h4,6H,2-3H2,1H3. The molecule has 0 heterocycles. The molecule has 2 aliphatic rings. The molecule has 0 spiro atoms. The molecule has 2 rings (SSSR count). The van der Waals surface area contributed by atoms with Crippen molar-refractivity contribution in [3.63, 3.8) is 0 Å². The SMILES string of the molecule is CNC12CC1C2. The second-order valence-corrected chi connectivity index (χ2v) is 2.51. The van der Waals surface area contributed by atoms with Gasteiger partial charge in [0.2, 0.25) is 0 Å². The van der Waals surface area contributed by atoms with Crippen molar-refractivity contribution in [2.24, 2.45) is 5.92 Å². The van der Waals surface area contributed by atoms with Gasteiger partial charge in [0.1, 0.15) is 0 Å². The Morgan fingerprint density at radius 3 is 2.17 bits per heavy atom. The highest BCUT2D eigenvalue weighted by atomic mass is 15.1. The zero-order chi connectivity index (χ0) is 4.20. The lowest BCUT2D eigenvalue weighted by Crippen LogP contribution is -2.16. The molecule has 0 aromatic carbocycles. The van der Waals surface area contributed by atoms with Crippen LogP contribution < -0.4 is 5.32 Å². The van der Waals surface area contributed by atoms with E-state index in [1.165, 1.54) is 12.8 Å². The van der Waals surface area contributed by atoms with E-state index in [0.717, 1.165) is 5.92 Å². The summed E-state index contributed by atoms with van der Waals surface area (Å²) in [5.41, 5.74) is 0.708. The summed E-state index contributed by atoms with van der Waals surface area (Å²) in [6.45, 7) is 0. The zero-order valence-corrected chi connectivity index (χ0v) is 3.99. The van der Waals surface area contributed by atoms with E-state index in [0.29, 0.717) is 5.54 Å². The molecule has 0 amide bonds. The predicted molar refractivity (Wildman–Crippen MR) is 24.5 cm³/mol. The summed E-state index contributed by atoms with van der Waals surface area (Å²) in [5, 5.41) is 3.29. The highest BCUT2D eigenvalue weighted by molar-refractivity contribution is 5.26. The van der Waals surface area contributed by atoms with Crippen LogP contribution in [0.1, 0.15) is 12.8 Å². The molecule has 0 atom stereocenters. The Morgan fingerprint density at radius 1 is 1.67 bits per heavy atom. The summed E-state index contributed by atoms with van der Waals surface area (Å²) in [5.74, 6) is 1.10. The first-order valence-corrected chi connectivity index (χ1v) is 2.56. The van der Waals surface area contributed by atoms with Gasteiger partial charge in [-0.2, -0.15) is 0 Å². The van der Waals surface area contributed by atoms with Gasteiger partial charge >= 0.3 is 0 Å². The van der Waals surface area contributed by atoms with Crippen LogP contribution in [0.3, 0.4) is 0 Å². The molecule has 0 aliphatic heterocycles. The molecule has 34 valence electrons. The number of nitrogens with one attached hydrogen (secondary N) is 1. The van der Waals surface area contributed by atoms with Gasteiger partial charge < -0.3 is 5.32 Å². The smallest absolute Gasteiger partial charge is 0.0214 e. The maximum atomic E-state index is 3.29. The van der Waals surface area contributed by atoms with Crippen molar-refractivity contribution in [2.75, 3.05) is 7.05 Å². The van der Waals surface area contributed by atoms with Crippen LogP contribution in [-0.4, -0.2) is 12.6 Å². The fourth-order valence-electron chi connectivity index (χ4n) is 1.11. The van der Waals surface area contributed by atoms with Crippen LogP contribution in [0.25, 0.3) is 0 Å². The minimum atomic E-state index is 0.708. The van der Waals surface area contributed by atoms with Gasteiger partial charge in [0, 0.05) is 5.54 Å².